The Morgan fingerprint density at radius 3 is 2.55 bits per heavy atom. The molecular formula is C24H23Cl2F3N4O4S. The number of amides is 1. The Kier molecular flexibility index (Phi) is 7.81. The number of carbonyl (C=O) groups excluding carboxylic acids is 1. The second-order valence-electron chi connectivity index (χ2n) is 8.97. The maximum absolute atomic E-state index is 14.2. The highest BCUT2D eigenvalue weighted by Crippen LogP contribution is 2.39. The van der Waals surface area contributed by atoms with Crippen molar-refractivity contribution >= 4 is 49.8 Å². The number of hydrogen-bond acceptors (Lipinski definition) is 6. The van der Waals surface area contributed by atoms with Crippen molar-refractivity contribution in [3.63, 3.8) is 0 Å². The van der Waals surface area contributed by atoms with Gasteiger partial charge >= 0.3 is 6.18 Å². The van der Waals surface area contributed by atoms with Gasteiger partial charge < -0.3 is 5.73 Å². The number of benzene rings is 2. The Balaban J connectivity index is 1.85. The SMILES string of the molecule is CCS(=O)(=O)c1ccc(Cl)cc1Cn1cnc2c(Cl)c(CN3CCC[C@H]3C(N)=O)c(C(F)(F)F)cc2c1=O. The van der Waals surface area contributed by atoms with Gasteiger partial charge in [0.25, 0.3) is 5.56 Å². The summed E-state index contributed by atoms with van der Waals surface area (Å²) in [6.45, 7) is 1.22. The summed E-state index contributed by atoms with van der Waals surface area (Å²) >= 11 is 12.5. The number of likely N-dealkylation sites (tertiary alicyclic amines) is 1. The minimum atomic E-state index is -4.86. The van der Waals surface area contributed by atoms with Crippen LogP contribution >= 0.6 is 23.2 Å². The number of sulfone groups is 1. The summed E-state index contributed by atoms with van der Waals surface area (Å²) in [7, 11) is -3.68. The molecule has 0 spiro atoms. The zero-order valence-electron chi connectivity index (χ0n) is 20.1. The number of primary amides is 1. The molecule has 0 radical (unpaired) electrons. The summed E-state index contributed by atoms with van der Waals surface area (Å²) in [6, 6.07) is 4.06. The van der Waals surface area contributed by atoms with E-state index < -0.39 is 39.1 Å². The van der Waals surface area contributed by atoms with E-state index in [1.54, 1.807) is 0 Å². The average Bonchev–Trinajstić information content (AvgIpc) is 3.30. The highest BCUT2D eigenvalue weighted by atomic mass is 35.5. The van der Waals surface area contributed by atoms with Crippen molar-refractivity contribution in [2.75, 3.05) is 12.3 Å². The van der Waals surface area contributed by atoms with Gasteiger partial charge in [-0.2, -0.15) is 13.2 Å². The molecule has 0 bridgehead atoms. The van der Waals surface area contributed by atoms with E-state index in [0.717, 1.165) is 10.9 Å². The van der Waals surface area contributed by atoms with Crippen molar-refractivity contribution in [1.29, 1.82) is 0 Å². The molecular weight excluding hydrogens is 568 g/mol. The standard InChI is InChI=1S/C24H23Cl2F3N4O4S/c1-2-38(36,37)19-6-5-14(25)8-13(19)10-33-12-31-21-15(23(33)35)9-17(24(27,28)29)16(20(21)26)11-32-7-3-4-18(32)22(30)34/h5-6,8-9,12,18H,2-4,7,10-11H2,1H3,(H2,30,34)/t18-/m0/s1. The third-order valence-corrected chi connectivity index (χ3v) is 9.07. The highest BCUT2D eigenvalue weighted by molar-refractivity contribution is 7.91. The second kappa shape index (κ2) is 10.5. The number of hydrogen-bond donors (Lipinski definition) is 1. The summed E-state index contributed by atoms with van der Waals surface area (Å²) in [6.07, 6.45) is -2.76. The van der Waals surface area contributed by atoms with Crippen molar-refractivity contribution < 1.29 is 26.4 Å². The Hall–Kier alpha value is -2.67. The van der Waals surface area contributed by atoms with Gasteiger partial charge in [0, 0.05) is 11.6 Å². The third-order valence-electron chi connectivity index (χ3n) is 6.60. The van der Waals surface area contributed by atoms with Gasteiger partial charge in [-0.25, -0.2) is 13.4 Å². The van der Waals surface area contributed by atoms with Crippen molar-refractivity contribution in [2.45, 2.75) is 50.0 Å². The summed E-state index contributed by atoms with van der Waals surface area (Å²) < 4.78 is 68.5. The Morgan fingerprint density at radius 2 is 1.92 bits per heavy atom. The summed E-state index contributed by atoms with van der Waals surface area (Å²) in [5, 5.41) is -0.519. The third kappa shape index (κ3) is 5.40. The predicted molar refractivity (Wildman–Crippen MR) is 137 cm³/mol. The van der Waals surface area contributed by atoms with E-state index in [0.29, 0.717) is 25.5 Å². The lowest BCUT2D eigenvalue weighted by molar-refractivity contribution is -0.138. The number of rotatable bonds is 7. The molecule has 0 aliphatic carbocycles. The first-order valence-corrected chi connectivity index (χ1v) is 14.0. The van der Waals surface area contributed by atoms with Crippen LogP contribution in [-0.4, -0.2) is 47.1 Å². The Labute approximate surface area is 226 Å². The lowest BCUT2D eigenvalue weighted by atomic mass is 10.0. The quantitative estimate of drug-likeness (QED) is 0.444. The molecule has 2 N–H and O–H groups in total. The molecule has 0 saturated carbocycles. The molecule has 1 amide bonds. The topological polar surface area (TPSA) is 115 Å². The minimum Gasteiger partial charge on any atom is -0.368 e. The average molecular weight is 591 g/mol. The largest absolute Gasteiger partial charge is 0.416 e. The molecule has 1 atom stereocenters. The number of nitrogens with zero attached hydrogens (tertiary/aromatic N) is 3. The van der Waals surface area contributed by atoms with Crippen molar-refractivity contribution in [3.05, 3.63) is 67.7 Å². The monoisotopic (exact) mass is 590 g/mol. The van der Waals surface area contributed by atoms with Crippen LogP contribution in [0.3, 0.4) is 0 Å². The van der Waals surface area contributed by atoms with Crippen LogP contribution in [0, 0.1) is 0 Å². The highest BCUT2D eigenvalue weighted by Gasteiger charge is 2.38. The van der Waals surface area contributed by atoms with Crippen molar-refractivity contribution in [1.82, 2.24) is 14.5 Å². The fourth-order valence-electron chi connectivity index (χ4n) is 4.68. The van der Waals surface area contributed by atoms with E-state index in [2.05, 4.69) is 4.98 Å². The van der Waals surface area contributed by atoms with Gasteiger partial charge in [-0.1, -0.05) is 30.1 Å². The molecule has 1 fully saturated rings. The van der Waals surface area contributed by atoms with E-state index in [1.807, 2.05) is 0 Å². The van der Waals surface area contributed by atoms with Crippen LogP contribution in [0.2, 0.25) is 10.0 Å². The number of nitrogens with two attached hydrogens (primary N) is 1. The molecule has 2 heterocycles. The molecule has 1 aromatic heterocycles. The lowest BCUT2D eigenvalue weighted by Crippen LogP contribution is -2.40. The molecule has 14 heteroatoms. The van der Waals surface area contributed by atoms with E-state index in [4.69, 9.17) is 28.9 Å². The second-order valence-corrected chi connectivity index (χ2v) is 12.0. The first kappa shape index (κ1) is 28.3. The molecule has 8 nitrogen and oxygen atoms in total. The number of fused-ring (bicyclic) bond motifs is 1. The maximum atomic E-state index is 14.2. The van der Waals surface area contributed by atoms with E-state index in [1.165, 1.54) is 30.0 Å². The Morgan fingerprint density at radius 1 is 1.21 bits per heavy atom. The molecule has 0 unspecified atom stereocenters. The van der Waals surface area contributed by atoms with Crippen molar-refractivity contribution in [2.24, 2.45) is 5.73 Å². The molecule has 204 valence electrons. The summed E-state index contributed by atoms with van der Waals surface area (Å²) in [5.41, 5.74) is 3.18. The van der Waals surface area contributed by atoms with Gasteiger partial charge in [0.1, 0.15) is 0 Å². The predicted octanol–water partition coefficient (Wildman–Crippen LogP) is 4.01. The van der Waals surface area contributed by atoms with Crippen LogP contribution in [0.4, 0.5) is 13.2 Å². The Bertz CT molecular complexity index is 1590. The summed E-state index contributed by atoms with van der Waals surface area (Å²) in [5.74, 6) is -0.840. The molecule has 38 heavy (non-hydrogen) atoms. The van der Waals surface area contributed by atoms with E-state index in [9.17, 15) is 31.2 Å². The van der Waals surface area contributed by atoms with Gasteiger partial charge in [0.05, 0.1) is 51.1 Å². The number of carbonyl (C=O) groups is 1. The smallest absolute Gasteiger partial charge is 0.368 e. The number of alkyl halides is 3. The van der Waals surface area contributed by atoms with Crippen LogP contribution in [0.25, 0.3) is 10.9 Å². The molecule has 2 aromatic carbocycles. The van der Waals surface area contributed by atoms with Crippen LogP contribution in [0.5, 0.6) is 0 Å². The lowest BCUT2D eigenvalue weighted by Gasteiger charge is -2.25. The van der Waals surface area contributed by atoms with Gasteiger partial charge in [0.2, 0.25) is 5.91 Å². The van der Waals surface area contributed by atoms with Gasteiger partial charge in [-0.15, -0.1) is 0 Å². The first-order chi connectivity index (χ1) is 17.7. The molecule has 1 aliphatic rings. The number of halogens is 5. The summed E-state index contributed by atoms with van der Waals surface area (Å²) in [4.78, 5) is 30.7. The zero-order chi connectivity index (χ0) is 28.0. The van der Waals surface area contributed by atoms with E-state index >= 15 is 0 Å². The molecule has 4 rings (SSSR count). The van der Waals surface area contributed by atoms with Gasteiger partial charge in [-0.05, 0) is 54.8 Å². The normalized spacial score (nSPS) is 16.8. The van der Waals surface area contributed by atoms with Crippen LogP contribution in [0.1, 0.15) is 36.5 Å². The minimum absolute atomic E-state index is 0.0459. The zero-order valence-corrected chi connectivity index (χ0v) is 22.4. The van der Waals surface area contributed by atoms with Crippen LogP contribution < -0.4 is 11.3 Å². The fourth-order valence-corrected chi connectivity index (χ4v) is 6.29. The molecule has 1 aliphatic heterocycles. The van der Waals surface area contributed by atoms with Crippen molar-refractivity contribution in [3.8, 4) is 0 Å². The molecule has 3 aromatic rings. The fraction of sp³-hybridized carbons (Fsp3) is 0.375. The molecule has 1 saturated heterocycles. The van der Waals surface area contributed by atoms with Gasteiger partial charge in [0.15, 0.2) is 9.84 Å². The maximum Gasteiger partial charge on any atom is 0.416 e. The van der Waals surface area contributed by atoms with Gasteiger partial charge in [-0.3, -0.25) is 19.1 Å². The van der Waals surface area contributed by atoms with Crippen LogP contribution in [-0.2, 0) is 33.9 Å². The van der Waals surface area contributed by atoms with Crippen LogP contribution in [0.15, 0.2) is 40.3 Å². The first-order valence-electron chi connectivity index (χ1n) is 11.6. The number of aromatic nitrogens is 2. The van der Waals surface area contributed by atoms with E-state index in [-0.39, 0.29) is 55.8 Å².